The Hall–Kier alpha value is -0.830. The molecule has 0 saturated heterocycles. The van der Waals surface area contributed by atoms with E-state index in [-0.39, 0.29) is 0 Å². The molecule has 0 aliphatic carbocycles. The molecule has 3 heteroatoms. The SMILES string of the molecule is CCC(CS)CN(C)c1cccc(OC)c1. The van der Waals surface area contributed by atoms with Gasteiger partial charge in [0, 0.05) is 25.3 Å². The third-order valence-corrected chi connectivity index (χ3v) is 3.38. The molecule has 90 valence electrons. The Labute approximate surface area is 104 Å². The van der Waals surface area contributed by atoms with Gasteiger partial charge in [-0.05, 0) is 23.8 Å². The lowest BCUT2D eigenvalue weighted by atomic mass is 10.1. The summed E-state index contributed by atoms with van der Waals surface area (Å²) < 4.78 is 5.22. The second-order valence-electron chi connectivity index (χ2n) is 4.04. The molecule has 0 saturated carbocycles. The van der Waals surface area contributed by atoms with Gasteiger partial charge in [0.25, 0.3) is 0 Å². The molecule has 0 radical (unpaired) electrons. The lowest BCUT2D eigenvalue weighted by Gasteiger charge is -2.24. The molecule has 0 aliphatic rings. The van der Waals surface area contributed by atoms with E-state index in [0.29, 0.717) is 5.92 Å². The molecule has 0 heterocycles. The summed E-state index contributed by atoms with van der Waals surface area (Å²) in [6.07, 6.45) is 1.16. The van der Waals surface area contributed by atoms with E-state index < -0.39 is 0 Å². The fourth-order valence-corrected chi connectivity index (χ4v) is 2.03. The quantitative estimate of drug-likeness (QED) is 0.766. The van der Waals surface area contributed by atoms with Crippen molar-refractivity contribution in [3.05, 3.63) is 24.3 Å². The van der Waals surface area contributed by atoms with Crippen LogP contribution in [0.3, 0.4) is 0 Å². The van der Waals surface area contributed by atoms with Gasteiger partial charge in [0.05, 0.1) is 7.11 Å². The van der Waals surface area contributed by atoms with Crippen LogP contribution in [0.15, 0.2) is 24.3 Å². The van der Waals surface area contributed by atoms with Crippen LogP contribution in [0, 0.1) is 5.92 Å². The van der Waals surface area contributed by atoms with E-state index in [1.165, 1.54) is 5.69 Å². The molecule has 2 nitrogen and oxygen atoms in total. The zero-order valence-corrected chi connectivity index (χ0v) is 11.2. The highest BCUT2D eigenvalue weighted by Crippen LogP contribution is 2.21. The summed E-state index contributed by atoms with van der Waals surface area (Å²) in [7, 11) is 3.81. The van der Waals surface area contributed by atoms with Crippen molar-refractivity contribution in [1.82, 2.24) is 0 Å². The predicted octanol–water partition coefficient (Wildman–Crippen LogP) is 3.09. The summed E-state index contributed by atoms with van der Waals surface area (Å²) in [5, 5.41) is 0. The van der Waals surface area contributed by atoms with Crippen LogP contribution < -0.4 is 9.64 Å². The number of methoxy groups -OCH3 is 1. The van der Waals surface area contributed by atoms with E-state index in [0.717, 1.165) is 24.5 Å². The first-order chi connectivity index (χ1) is 7.71. The lowest BCUT2D eigenvalue weighted by molar-refractivity contribution is 0.414. The highest BCUT2D eigenvalue weighted by molar-refractivity contribution is 7.80. The van der Waals surface area contributed by atoms with E-state index in [1.54, 1.807) is 7.11 Å². The summed E-state index contributed by atoms with van der Waals surface area (Å²) in [5.41, 5.74) is 1.19. The second kappa shape index (κ2) is 6.69. The molecule has 0 spiro atoms. The fourth-order valence-electron chi connectivity index (χ4n) is 1.66. The van der Waals surface area contributed by atoms with E-state index in [4.69, 9.17) is 4.74 Å². The Morgan fingerprint density at radius 1 is 1.44 bits per heavy atom. The number of nitrogens with zero attached hydrogens (tertiary/aromatic N) is 1. The largest absolute Gasteiger partial charge is 0.497 e. The van der Waals surface area contributed by atoms with Gasteiger partial charge in [-0.1, -0.05) is 19.4 Å². The van der Waals surface area contributed by atoms with Crippen molar-refractivity contribution in [1.29, 1.82) is 0 Å². The molecule has 0 bridgehead atoms. The molecule has 0 fully saturated rings. The van der Waals surface area contributed by atoms with Crippen LogP contribution in [0.5, 0.6) is 5.75 Å². The minimum Gasteiger partial charge on any atom is -0.497 e. The van der Waals surface area contributed by atoms with E-state index in [2.05, 4.69) is 43.6 Å². The van der Waals surface area contributed by atoms with Gasteiger partial charge >= 0.3 is 0 Å². The molecule has 1 aromatic rings. The van der Waals surface area contributed by atoms with Crippen molar-refractivity contribution >= 4 is 18.3 Å². The maximum atomic E-state index is 5.22. The Kier molecular flexibility index (Phi) is 5.53. The summed E-state index contributed by atoms with van der Waals surface area (Å²) in [6.45, 7) is 3.24. The van der Waals surface area contributed by atoms with Crippen molar-refractivity contribution in [3.63, 3.8) is 0 Å². The van der Waals surface area contributed by atoms with Crippen LogP contribution >= 0.6 is 12.6 Å². The van der Waals surface area contributed by atoms with Gasteiger partial charge in [-0.3, -0.25) is 0 Å². The van der Waals surface area contributed by atoms with Crippen LogP contribution in [0.25, 0.3) is 0 Å². The number of hydrogen-bond acceptors (Lipinski definition) is 3. The van der Waals surface area contributed by atoms with Crippen LogP contribution in [0.2, 0.25) is 0 Å². The number of benzene rings is 1. The standard InChI is InChI=1S/C13H21NOS/c1-4-11(10-16)9-14(2)12-6-5-7-13(8-12)15-3/h5-8,11,16H,4,9-10H2,1-3H3. The summed E-state index contributed by atoms with van der Waals surface area (Å²) in [6, 6.07) is 8.15. The molecule has 0 N–H and O–H groups in total. The molecule has 0 aromatic heterocycles. The fraction of sp³-hybridized carbons (Fsp3) is 0.538. The molecule has 16 heavy (non-hydrogen) atoms. The van der Waals surface area contributed by atoms with Crippen LogP contribution in [0.4, 0.5) is 5.69 Å². The Morgan fingerprint density at radius 2 is 2.19 bits per heavy atom. The lowest BCUT2D eigenvalue weighted by Crippen LogP contribution is -2.25. The molecule has 1 unspecified atom stereocenters. The van der Waals surface area contributed by atoms with Gasteiger partial charge in [0.15, 0.2) is 0 Å². The van der Waals surface area contributed by atoms with Crippen LogP contribution in [-0.4, -0.2) is 26.5 Å². The molecule has 1 aromatic carbocycles. The third-order valence-electron chi connectivity index (χ3n) is 2.86. The van der Waals surface area contributed by atoms with E-state index in [1.807, 2.05) is 12.1 Å². The monoisotopic (exact) mass is 239 g/mol. The Balaban J connectivity index is 2.67. The molecular weight excluding hydrogens is 218 g/mol. The van der Waals surface area contributed by atoms with Gasteiger partial charge in [0.2, 0.25) is 0 Å². The first-order valence-electron chi connectivity index (χ1n) is 5.67. The topological polar surface area (TPSA) is 12.5 Å². The molecule has 1 rings (SSSR count). The number of rotatable bonds is 6. The van der Waals surface area contributed by atoms with Gasteiger partial charge in [-0.25, -0.2) is 0 Å². The van der Waals surface area contributed by atoms with Gasteiger partial charge in [0.1, 0.15) is 5.75 Å². The predicted molar refractivity (Wildman–Crippen MR) is 73.9 cm³/mol. The zero-order valence-electron chi connectivity index (χ0n) is 10.3. The smallest absolute Gasteiger partial charge is 0.120 e. The number of thiol groups is 1. The van der Waals surface area contributed by atoms with Crippen molar-refractivity contribution in [2.45, 2.75) is 13.3 Å². The highest BCUT2D eigenvalue weighted by Gasteiger charge is 2.09. The number of hydrogen-bond donors (Lipinski definition) is 1. The molecular formula is C13H21NOS. The highest BCUT2D eigenvalue weighted by atomic mass is 32.1. The van der Waals surface area contributed by atoms with E-state index >= 15 is 0 Å². The van der Waals surface area contributed by atoms with Gasteiger partial charge in [-0.15, -0.1) is 0 Å². The van der Waals surface area contributed by atoms with E-state index in [9.17, 15) is 0 Å². The van der Waals surface area contributed by atoms with Crippen LogP contribution in [-0.2, 0) is 0 Å². The normalized spacial score (nSPS) is 12.2. The Morgan fingerprint density at radius 3 is 2.75 bits per heavy atom. The maximum Gasteiger partial charge on any atom is 0.120 e. The average molecular weight is 239 g/mol. The average Bonchev–Trinajstić information content (AvgIpc) is 2.35. The number of anilines is 1. The Bertz CT molecular complexity index is 313. The van der Waals surface area contributed by atoms with Crippen molar-refractivity contribution < 1.29 is 4.74 Å². The van der Waals surface area contributed by atoms with Gasteiger partial charge < -0.3 is 9.64 Å². The molecule has 1 atom stereocenters. The van der Waals surface area contributed by atoms with Crippen LogP contribution in [0.1, 0.15) is 13.3 Å². The third kappa shape index (κ3) is 3.63. The minimum absolute atomic E-state index is 0.638. The zero-order chi connectivity index (χ0) is 12.0. The summed E-state index contributed by atoms with van der Waals surface area (Å²) >= 11 is 4.37. The molecule has 0 amide bonds. The van der Waals surface area contributed by atoms with Crippen molar-refractivity contribution in [2.75, 3.05) is 31.4 Å². The van der Waals surface area contributed by atoms with Crippen molar-refractivity contribution in [3.8, 4) is 5.75 Å². The minimum atomic E-state index is 0.638. The maximum absolute atomic E-state index is 5.22. The first-order valence-corrected chi connectivity index (χ1v) is 6.30. The molecule has 0 aliphatic heterocycles. The summed E-state index contributed by atoms with van der Waals surface area (Å²) in [5.74, 6) is 2.48. The second-order valence-corrected chi connectivity index (χ2v) is 4.40. The first kappa shape index (κ1) is 13.2. The summed E-state index contributed by atoms with van der Waals surface area (Å²) in [4.78, 5) is 2.26. The van der Waals surface area contributed by atoms with Gasteiger partial charge in [-0.2, -0.15) is 12.6 Å². The number of ether oxygens (including phenoxy) is 1. The van der Waals surface area contributed by atoms with Crippen molar-refractivity contribution in [2.24, 2.45) is 5.92 Å².